The van der Waals surface area contributed by atoms with Crippen molar-refractivity contribution >= 4 is 21.4 Å². The first-order valence-corrected chi connectivity index (χ1v) is 9.36. The van der Waals surface area contributed by atoms with E-state index in [1.54, 1.807) is 24.6 Å². The number of nitrogens with one attached hydrogen (secondary N) is 2. The van der Waals surface area contributed by atoms with Gasteiger partial charge in [0.2, 0.25) is 10.1 Å². The predicted octanol–water partition coefficient (Wildman–Crippen LogP) is 2.58. The summed E-state index contributed by atoms with van der Waals surface area (Å²) in [6.07, 6.45) is 5.95. The van der Waals surface area contributed by atoms with Crippen molar-refractivity contribution in [1.29, 1.82) is 0 Å². The molecule has 4 rings (SSSR count). The molecule has 0 atom stereocenters. The van der Waals surface area contributed by atoms with Gasteiger partial charge in [0.15, 0.2) is 0 Å². The first-order valence-electron chi connectivity index (χ1n) is 8.55. The third kappa shape index (κ3) is 3.32. The average molecular weight is 358 g/mol. The molecule has 0 bridgehead atoms. The number of piperidine rings is 1. The molecule has 3 aromatic rings. The fraction of sp³-hybridized carbons (Fsp3) is 0.471. The molecule has 1 saturated heterocycles. The van der Waals surface area contributed by atoms with E-state index in [9.17, 15) is 0 Å². The molecule has 8 heteroatoms. The predicted molar refractivity (Wildman–Crippen MR) is 99.5 cm³/mol. The van der Waals surface area contributed by atoms with Crippen LogP contribution in [0.15, 0.2) is 18.5 Å². The van der Waals surface area contributed by atoms with Crippen molar-refractivity contribution in [3.63, 3.8) is 0 Å². The molecule has 0 spiro atoms. The zero-order valence-electron chi connectivity index (χ0n) is 14.5. The molecule has 0 radical (unpaired) electrons. The van der Waals surface area contributed by atoms with E-state index in [1.807, 2.05) is 23.7 Å². The van der Waals surface area contributed by atoms with Crippen LogP contribution in [-0.4, -0.2) is 46.3 Å². The van der Waals surface area contributed by atoms with E-state index in [0.29, 0.717) is 5.92 Å². The fourth-order valence-electron chi connectivity index (χ4n) is 3.23. The molecule has 0 aromatic carbocycles. The second kappa shape index (κ2) is 6.97. The van der Waals surface area contributed by atoms with Crippen LogP contribution in [-0.2, 0) is 0 Å². The third-order valence-electron chi connectivity index (χ3n) is 4.60. The van der Waals surface area contributed by atoms with Crippen molar-refractivity contribution in [2.75, 3.05) is 32.1 Å². The maximum Gasteiger partial charge on any atom is 0.214 e. The molecule has 4 heterocycles. The van der Waals surface area contributed by atoms with E-state index < -0.39 is 0 Å². The van der Waals surface area contributed by atoms with Gasteiger partial charge in [-0.2, -0.15) is 0 Å². The van der Waals surface area contributed by atoms with Gasteiger partial charge in [-0.3, -0.25) is 4.98 Å². The van der Waals surface area contributed by atoms with Gasteiger partial charge in [0.1, 0.15) is 5.75 Å². The summed E-state index contributed by atoms with van der Waals surface area (Å²) in [6.45, 7) is 5.19. The summed E-state index contributed by atoms with van der Waals surface area (Å²) in [5.74, 6) is 1.44. The molecule has 1 fully saturated rings. The molecular weight excluding hydrogens is 336 g/mol. The van der Waals surface area contributed by atoms with Crippen LogP contribution in [0.5, 0.6) is 5.75 Å². The number of aryl methyl sites for hydroxylation is 1. The highest BCUT2D eigenvalue weighted by molar-refractivity contribution is 7.20. The number of anilines is 1. The van der Waals surface area contributed by atoms with Gasteiger partial charge >= 0.3 is 0 Å². The maximum atomic E-state index is 5.29. The van der Waals surface area contributed by atoms with Gasteiger partial charge in [0, 0.05) is 18.3 Å². The molecule has 25 heavy (non-hydrogen) atoms. The number of pyridine rings is 1. The Morgan fingerprint density at radius 1 is 1.36 bits per heavy atom. The largest absolute Gasteiger partial charge is 0.495 e. The van der Waals surface area contributed by atoms with Gasteiger partial charge < -0.3 is 15.4 Å². The number of methoxy groups -OCH3 is 1. The molecule has 7 nitrogen and oxygen atoms in total. The van der Waals surface area contributed by atoms with Crippen molar-refractivity contribution in [3.8, 4) is 17.0 Å². The summed E-state index contributed by atoms with van der Waals surface area (Å²) < 4.78 is 7.19. The second-order valence-corrected chi connectivity index (χ2v) is 7.29. The lowest BCUT2D eigenvalue weighted by molar-refractivity contribution is 0.390. The highest BCUT2D eigenvalue weighted by Crippen LogP contribution is 2.30. The molecule has 1 aliphatic heterocycles. The van der Waals surface area contributed by atoms with E-state index >= 15 is 0 Å². The molecular formula is C17H22N6OS. The van der Waals surface area contributed by atoms with Crippen LogP contribution < -0.4 is 15.4 Å². The Labute approximate surface area is 150 Å². The van der Waals surface area contributed by atoms with Crippen molar-refractivity contribution in [3.05, 3.63) is 24.2 Å². The smallest absolute Gasteiger partial charge is 0.214 e. The minimum Gasteiger partial charge on any atom is -0.495 e. The van der Waals surface area contributed by atoms with Crippen LogP contribution in [0.3, 0.4) is 0 Å². The van der Waals surface area contributed by atoms with Gasteiger partial charge in [0.25, 0.3) is 0 Å². The van der Waals surface area contributed by atoms with E-state index in [2.05, 4.69) is 20.6 Å². The molecule has 0 aliphatic carbocycles. The van der Waals surface area contributed by atoms with Crippen molar-refractivity contribution in [1.82, 2.24) is 24.9 Å². The van der Waals surface area contributed by atoms with E-state index in [4.69, 9.17) is 9.84 Å². The molecule has 3 aromatic heterocycles. The summed E-state index contributed by atoms with van der Waals surface area (Å²) >= 11 is 1.59. The highest BCUT2D eigenvalue weighted by Gasteiger charge is 2.18. The summed E-state index contributed by atoms with van der Waals surface area (Å²) in [4.78, 5) is 9.80. The SMILES string of the molecule is COc1cncc(-c2c(C)nc3sc(NCC4CCNCC4)nn23)c1. The highest BCUT2D eigenvalue weighted by atomic mass is 32.1. The number of nitrogens with zero attached hydrogens (tertiary/aromatic N) is 4. The van der Waals surface area contributed by atoms with Crippen LogP contribution in [0.25, 0.3) is 16.2 Å². The van der Waals surface area contributed by atoms with E-state index in [1.165, 1.54) is 12.8 Å². The normalized spacial score (nSPS) is 15.6. The van der Waals surface area contributed by atoms with E-state index in [0.717, 1.165) is 52.4 Å². The Kier molecular flexibility index (Phi) is 4.54. The monoisotopic (exact) mass is 358 g/mol. The molecule has 2 N–H and O–H groups in total. The van der Waals surface area contributed by atoms with Gasteiger partial charge in [-0.15, -0.1) is 5.10 Å². The minimum atomic E-state index is 0.710. The lowest BCUT2D eigenvalue weighted by Gasteiger charge is -2.22. The number of imidazole rings is 1. The number of fused-ring (bicyclic) bond motifs is 1. The summed E-state index contributed by atoms with van der Waals surface area (Å²) in [5.41, 5.74) is 2.87. The zero-order chi connectivity index (χ0) is 17.2. The van der Waals surface area contributed by atoms with Gasteiger partial charge in [-0.05, 0) is 44.8 Å². The topological polar surface area (TPSA) is 76.4 Å². The van der Waals surface area contributed by atoms with Crippen LogP contribution >= 0.6 is 11.3 Å². The molecule has 1 aliphatic rings. The zero-order valence-corrected chi connectivity index (χ0v) is 15.3. The quantitative estimate of drug-likeness (QED) is 0.730. The first-order chi connectivity index (χ1) is 12.2. The van der Waals surface area contributed by atoms with Crippen molar-refractivity contribution in [2.45, 2.75) is 19.8 Å². The average Bonchev–Trinajstić information content (AvgIpc) is 3.16. The molecule has 132 valence electrons. The second-order valence-electron chi connectivity index (χ2n) is 6.34. The Hall–Kier alpha value is -2.19. The maximum absolute atomic E-state index is 5.29. The first kappa shape index (κ1) is 16.3. The van der Waals surface area contributed by atoms with Crippen molar-refractivity contribution in [2.24, 2.45) is 5.92 Å². The number of aromatic nitrogens is 4. The summed E-state index contributed by atoms with van der Waals surface area (Å²) in [7, 11) is 1.64. The number of hydrogen-bond donors (Lipinski definition) is 2. The number of rotatable bonds is 5. The standard InChI is InChI=1S/C17H22N6OS/c1-11-15(13-7-14(24-2)10-19-9-13)23-17(21-11)25-16(22-23)20-8-12-3-5-18-6-4-12/h7,9-10,12,18H,3-6,8H2,1-2H3,(H,20,22). The molecule has 0 amide bonds. The summed E-state index contributed by atoms with van der Waals surface area (Å²) in [6, 6.07) is 1.96. The summed E-state index contributed by atoms with van der Waals surface area (Å²) in [5, 5.41) is 12.5. The van der Waals surface area contributed by atoms with Crippen LogP contribution in [0.2, 0.25) is 0 Å². The van der Waals surface area contributed by atoms with Crippen molar-refractivity contribution < 1.29 is 4.74 Å². The third-order valence-corrected chi connectivity index (χ3v) is 5.47. The Morgan fingerprint density at radius 3 is 3.00 bits per heavy atom. The Balaban J connectivity index is 1.59. The number of ether oxygens (including phenoxy) is 1. The molecule has 0 unspecified atom stereocenters. The van der Waals surface area contributed by atoms with Crippen LogP contribution in [0.1, 0.15) is 18.5 Å². The molecule has 0 saturated carbocycles. The lowest BCUT2D eigenvalue weighted by Crippen LogP contribution is -2.31. The lowest BCUT2D eigenvalue weighted by atomic mass is 9.98. The van der Waals surface area contributed by atoms with Crippen LogP contribution in [0, 0.1) is 12.8 Å². The Bertz CT molecular complexity index is 867. The minimum absolute atomic E-state index is 0.710. The fourth-order valence-corrected chi connectivity index (χ4v) is 4.08. The van der Waals surface area contributed by atoms with Gasteiger partial charge in [-0.1, -0.05) is 11.3 Å². The Morgan fingerprint density at radius 2 is 2.20 bits per heavy atom. The van der Waals surface area contributed by atoms with Crippen LogP contribution in [0.4, 0.5) is 5.13 Å². The van der Waals surface area contributed by atoms with Gasteiger partial charge in [-0.25, -0.2) is 9.50 Å². The van der Waals surface area contributed by atoms with E-state index in [-0.39, 0.29) is 0 Å². The number of hydrogen-bond acceptors (Lipinski definition) is 7. The van der Waals surface area contributed by atoms with Gasteiger partial charge in [0.05, 0.1) is 24.7 Å².